The summed E-state index contributed by atoms with van der Waals surface area (Å²) >= 11 is 0. The number of nitrogens with zero attached hydrogens (tertiary/aromatic N) is 1. The van der Waals surface area contributed by atoms with Gasteiger partial charge in [-0.15, -0.1) is 0 Å². The van der Waals surface area contributed by atoms with Crippen LogP contribution in [0.5, 0.6) is 0 Å². The molecular weight excluding hydrogens is 236 g/mol. The van der Waals surface area contributed by atoms with Crippen molar-refractivity contribution in [2.75, 3.05) is 32.2 Å². The number of nitrogens with one attached hydrogen (secondary N) is 1. The van der Waals surface area contributed by atoms with Gasteiger partial charge in [0.25, 0.3) is 0 Å². The number of aryl methyl sites for hydroxylation is 1. The highest BCUT2D eigenvalue weighted by Gasteiger charge is 2.14. The molecule has 1 unspecified atom stereocenters. The monoisotopic (exact) mass is 264 g/mol. The van der Waals surface area contributed by atoms with E-state index >= 15 is 0 Å². The molecule has 0 radical (unpaired) electrons. The minimum absolute atomic E-state index is 0.531. The summed E-state index contributed by atoms with van der Waals surface area (Å²) in [6.07, 6.45) is 1.14. The zero-order chi connectivity index (χ0) is 14.3. The van der Waals surface area contributed by atoms with Crippen LogP contribution < -0.4 is 10.2 Å². The Hall–Kier alpha value is -1.06. The molecule has 1 atom stereocenters. The molecule has 1 aromatic carbocycles. The van der Waals surface area contributed by atoms with Gasteiger partial charge in [0.2, 0.25) is 0 Å². The number of ether oxygens (including phenoxy) is 1. The summed E-state index contributed by atoms with van der Waals surface area (Å²) in [5, 5.41) is 3.19. The highest BCUT2D eigenvalue weighted by atomic mass is 16.5. The summed E-state index contributed by atoms with van der Waals surface area (Å²) in [5.74, 6) is 0. The first-order chi connectivity index (χ1) is 9.13. The van der Waals surface area contributed by atoms with E-state index in [9.17, 15) is 0 Å². The summed E-state index contributed by atoms with van der Waals surface area (Å²) < 4.78 is 5.24. The molecule has 3 nitrogen and oxygen atoms in total. The molecular formula is C16H28N2O. The van der Waals surface area contributed by atoms with Crippen LogP contribution in [0.25, 0.3) is 0 Å². The number of rotatable bonds is 8. The van der Waals surface area contributed by atoms with E-state index in [2.05, 4.69) is 49.2 Å². The van der Waals surface area contributed by atoms with Crippen LogP contribution in [-0.4, -0.2) is 33.4 Å². The smallest absolute Gasteiger partial charge is 0.0637 e. The van der Waals surface area contributed by atoms with Gasteiger partial charge in [0.1, 0.15) is 0 Å². The molecule has 1 N–H and O–H groups in total. The van der Waals surface area contributed by atoms with Crippen LogP contribution >= 0.6 is 0 Å². The van der Waals surface area contributed by atoms with Gasteiger partial charge in [-0.3, -0.25) is 0 Å². The van der Waals surface area contributed by atoms with Gasteiger partial charge < -0.3 is 15.0 Å². The minimum Gasteiger partial charge on any atom is -0.383 e. The number of benzene rings is 1. The Bertz CT molecular complexity index is 379. The maximum Gasteiger partial charge on any atom is 0.0637 e. The molecule has 0 aliphatic carbocycles. The molecule has 1 aromatic rings. The minimum atomic E-state index is 0.531. The van der Waals surface area contributed by atoms with E-state index in [1.54, 1.807) is 7.11 Å². The van der Waals surface area contributed by atoms with Gasteiger partial charge in [-0.2, -0.15) is 0 Å². The molecule has 0 aromatic heterocycles. The topological polar surface area (TPSA) is 24.5 Å². The Kier molecular flexibility index (Phi) is 6.89. The molecule has 19 heavy (non-hydrogen) atoms. The normalized spacial score (nSPS) is 12.5. The maximum atomic E-state index is 5.24. The van der Waals surface area contributed by atoms with Gasteiger partial charge in [-0.1, -0.05) is 19.1 Å². The molecule has 0 saturated carbocycles. The van der Waals surface area contributed by atoms with Crippen LogP contribution in [0.3, 0.4) is 0 Å². The maximum absolute atomic E-state index is 5.24. The molecule has 0 bridgehead atoms. The van der Waals surface area contributed by atoms with Crippen molar-refractivity contribution in [3.05, 3.63) is 29.3 Å². The molecule has 3 heteroatoms. The lowest BCUT2D eigenvalue weighted by molar-refractivity contribution is 0.203. The largest absolute Gasteiger partial charge is 0.383 e. The van der Waals surface area contributed by atoms with Crippen molar-refractivity contribution in [3.63, 3.8) is 0 Å². The molecule has 0 heterocycles. The van der Waals surface area contributed by atoms with Crippen molar-refractivity contribution < 1.29 is 4.74 Å². The van der Waals surface area contributed by atoms with Crippen molar-refractivity contribution >= 4 is 5.69 Å². The fraction of sp³-hybridized carbons (Fsp3) is 0.625. The van der Waals surface area contributed by atoms with Crippen LogP contribution in [0.2, 0.25) is 0 Å². The van der Waals surface area contributed by atoms with Crippen molar-refractivity contribution in [1.29, 1.82) is 0 Å². The SMILES string of the molecule is CCC(C)N(CCOC)c1ccc(CNC)cc1C. The van der Waals surface area contributed by atoms with Gasteiger partial charge in [0.05, 0.1) is 6.61 Å². The second-order valence-electron chi connectivity index (χ2n) is 5.09. The van der Waals surface area contributed by atoms with Crippen LogP contribution in [-0.2, 0) is 11.3 Å². The zero-order valence-electron chi connectivity index (χ0n) is 13.0. The quantitative estimate of drug-likeness (QED) is 0.781. The fourth-order valence-electron chi connectivity index (χ4n) is 2.34. The van der Waals surface area contributed by atoms with Gasteiger partial charge in [0.15, 0.2) is 0 Å². The summed E-state index contributed by atoms with van der Waals surface area (Å²) in [6.45, 7) is 9.32. The van der Waals surface area contributed by atoms with E-state index in [-0.39, 0.29) is 0 Å². The first kappa shape index (κ1) is 16.0. The molecule has 0 spiro atoms. The Morgan fingerprint density at radius 2 is 2.11 bits per heavy atom. The predicted octanol–water partition coefficient (Wildman–Crippen LogP) is 2.97. The lowest BCUT2D eigenvalue weighted by Crippen LogP contribution is -2.36. The standard InChI is InChI=1S/C16H28N2O/c1-6-14(3)18(9-10-19-5)16-8-7-15(12-17-4)11-13(16)2/h7-8,11,14,17H,6,9-10,12H2,1-5H3. The average molecular weight is 264 g/mol. The van der Waals surface area contributed by atoms with E-state index in [1.165, 1.54) is 16.8 Å². The lowest BCUT2D eigenvalue weighted by atomic mass is 10.1. The Morgan fingerprint density at radius 1 is 1.37 bits per heavy atom. The molecule has 0 amide bonds. The summed E-state index contributed by atoms with van der Waals surface area (Å²) in [7, 11) is 3.74. The van der Waals surface area contributed by atoms with Crippen molar-refractivity contribution in [1.82, 2.24) is 5.32 Å². The molecule has 0 aliphatic rings. The van der Waals surface area contributed by atoms with Gasteiger partial charge in [-0.25, -0.2) is 0 Å². The number of anilines is 1. The van der Waals surface area contributed by atoms with Crippen LogP contribution in [0, 0.1) is 6.92 Å². The predicted molar refractivity (Wildman–Crippen MR) is 82.9 cm³/mol. The van der Waals surface area contributed by atoms with E-state index in [0.29, 0.717) is 6.04 Å². The number of hydrogen-bond donors (Lipinski definition) is 1. The van der Waals surface area contributed by atoms with Crippen LogP contribution in [0.4, 0.5) is 5.69 Å². The third kappa shape index (κ3) is 4.51. The first-order valence-electron chi connectivity index (χ1n) is 7.13. The first-order valence-corrected chi connectivity index (χ1v) is 7.13. The summed E-state index contributed by atoms with van der Waals surface area (Å²) in [5.41, 5.74) is 4.00. The summed E-state index contributed by atoms with van der Waals surface area (Å²) in [6, 6.07) is 7.25. The van der Waals surface area contributed by atoms with E-state index in [4.69, 9.17) is 4.74 Å². The van der Waals surface area contributed by atoms with Crippen molar-refractivity contribution in [2.45, 2.75) is 39.8 Å². The number of methoxy groups -OCH3 is 1. The van der Waals surface area contributed by atoms with E-state index in [0.717, 1.165) is 26.1 Å². The van der Waals surface area contributed by atoms with Gasteiger partial charge in [-0.05, 0) is 44.5 Å². The second kappa shape index (κ2) is 8.18. The van der Waals surface area contributed by atoms with E-state index in [1.807, 2.05) is 7.05 Å². The van der Waals surface area contributed by atoms with Gasteiger partial charge >= 0.3 is 0 Å². The van der Waals surface area contributed by atoms with Crippen LogP contribution in [0.15, 0.2) is 18.2 Å². The Labute approximate surface area is 118 Å². The Balaban J connectivity index is 2.94. The molecule has 0 fully saturated rings. The third-order valence-corrected chi connectivity index (χ3v) is 3.61. The van der Waals surface area contributed by atoms with Crippen molar-refractivity contribution in [2.24, 2.45) is 0 Å². The third-order valence-electron chi connectivity index (χ3n) is 3.61. The zero-order valence-corrected chi connectivity index (χ0v) is 13.0. The molecule has 0 saturated heterocycles. The molecule has 108 valence electrons. The van der Waals surface area contributed by atoms with Crippen LogP contribution in [0.1, 0.15) is 31.4 Å². The highest BCUT2D eigenvalue weighted by molar-refractivity contribution is 5.55. The fourth-order valence-corrected chi connectivity index (χ4v) is 2.34. The lowest BCUT2D eigenvalue weighted by Gasteiger charge is -2.32. The highest BCUT2D eigenvalue weighted by Crippen LogP contribution is 2.24. The second-order valence-corrected chi connectivity index (χ2v) is 5.09. The van der Waals surface area contributed by atoms with Gasteiger partial charge in [0, 0.05) is 31.9 Å². The molecule has 0 aliphatic heterocycles. The van der Waals surface area contributed by atoms with Crippen molar-refractivity contribution in [3.8, 4) is 0 Å². The number of hydrogen-bond acceptors (Lipinski definition) is 3. The van der Waals surface area contributed by atoms with E-state index < -0.39 is 0 Å². The average Bonchev–Trinajstić information content (AvgIpc) is 2.41. The Morgan fingerprint density at radius 3 is 2.63 bits per heavy atom. The molecule has 1 rings (SSSR count). The summed E-state index contributed by atoms with van der Waals surface area (Å²) in [4.78, 5) is 2.45.